The van der Waals surface area contributed by atoms with Crippen LogP contribution in [0, 0.1) is 0 Å². The second-order valence-electron chi connectivity index (χ2n) is 2.52. The fourth-order valence-corrected chi connectivity index (χ4v) is 2.63. The SMILES string of the molecule is C=CCI(O)C=Cc1ccccc1. The first-order chi connectivity index (χ1) is 6.33. The Morgan fingerprint density at radius 3 is 2.62 bits per heavy atom. The summed E-state index contributed by atoms with van der Waals surface area (Å²) in [6.07, 6.45) is 3.76. The molecular formula is C11H13IO. The van der Waals surface area contributed by atoms with Crippen molar-refractivity contribution in [3.63, 3.8) is 0 Å². The zero-order valence-corrected chi connectivity index (χ0v) is 9.52. The van der Waals surface area contributed by atoms with E-state index in [2.05, 4.69) is 6.58 Å². The fourth-order valence-electron chi connectivity index (χ4n) is 0.873. The molecule has 0 heterocycles. The molecule has 0 aliphatic carbocycles. The minimum atomic E-state index is -1.83. The van der Waals surface area contributed by atoms with Gasteiger partial charge in [-0.15, -0.1) is 0 Å². The summed E-state index contributed by atoms with van der Waals surface area (Å²) in [5, 5.41) is 0. The van der Waals surface area contributed by atoms with Crippen molar-refractivity contribution < 1.29 is 3.44 Å². The van der Waals surface area contributed by atoms with E-state index in [1.165, 1.54) is 0 Å². The van der Waals surface area contributed by atoms with Crippen LogP contribution in [0.3, 0.4) is 0 Å². The van der Waals surface area contributed by atoms with Gasteiger partial charge in [-0.3, -0.25) is 0 Å². The van der Waals surface area contributed by atoms with Crippen LogP contribution in [-0.2, 0) is 0 Å². The van der Waals surface area contributed by atoms with Crippen LogP contribution >= 0.6 is 20.2 Å². The zero-order valence-electron chi connectivity index (χ0n) is 7.36. The number of hydrogen-bond acceptors (Lipinski definition) is 1. The maximum atomic E-state index is 9.51. The van der Waals surface area contributed by atoms with Crippen LogP contribution in [-0.4, -0.2) is 7.86 Å². The normalized spacial score (nSPS) is 11.6. The second kappa shape index (κ2) is 5.94. The number of hydrogen-bond donors (Lipinski definition) is 1. The van der Waals surface area contributed by atoms with Crippen molar-refractivity contribution >= 4 is 26.3 Å². The quantitative estimate of drug-likeness (QED) is 0.512. The van der Waals surface area contributed by atoms with Gasteiger partial charge in [-0.1, -0.05) is 0 Å². The van der Waals surface area contributed by atoms with Crippen LogP contribution in [0.15, 0.2) is 47.1 Å². The van der Waals surface area contributed by atoms with E-state index < -0.39 is 20.2 Å². The average molecular weight is 288 g/mol. The van der Waals surface area contributed by atoms with E-state index >= 15 is 0 Å². The molecule has 0 saturated carbocycles. The Kier molecular flexibility index (Phi) is 4.78. The van der Waals surface area contributed by atoms with Gasteiger partial charge in [-0.25, -0.2) is 0 Å². The Labute approximate surface area is 86.7 Å². The summed E-state index contributed by atoms with van der Waals surface area (Å²) in [4.78, 5) is 0. The number of benzene rings is 1. The van der Waals surface area contributed by atoms with Gasteiger partial charge >= 0.3 is 86.8 Å². The predicted octanol–water partition coefficient (Wildman–Crippen LogP) is 3.26. The first kappa shape index (κ1) is 10.5. The van der Waals surface area contributed by atoms with E-state index in [0.29, 0.717) is 0 Å². The van der Waals surface area contributed by atoms with Gasteiger partial charge in [-0.2, -0.15) is 0 Å². The third-order valence-corrected chi connectivity index (χ3v) is 4.18. The number of allylic oxidation sites excluding steroid dienone is 1. The first-order valence-electron chi connectivity index (χ1n) is 4.00. The van der Waals surface area contributed by atoms with Gasteiger partial charge < -0.3 is 0 Å². The van der Waals surface area contributed by atoms with Crippen LogP contribution in [0.1, 0.15) is 5.56 Å². The molecule has 0 fully saturated rings. The first-order valence-corrected chi connectivity index (χ1v) is 7.74. The van der Waals surface area contributed by atoms with Crippen LogP contribution in [0.4, 0.5) is 0 Å². The van der Waals surface area contributed by atoms with Crippen molar-refractivity contribution in [3.8, 4) is 0 Å². The number of rotatable bonds is 4. The molecule has 0 aromatic heterocycles. The second-order valence-corrected chi connectivity index (χ2v) is 6.24. The van der Waals surface area contributed by atoms with E-state index in [1.807, 2.05) is 40.5 Å². The Hall–Kier alpha value is -0.610. The molecule has 0 amide bonds. The van der Waals surface area contributed by atoms with Crippen molar-refractivity contribution in [2.45, 2.75) is 0 Å². The topological polar surface area (TPSA) is 20.2 Å². The summed E-state index contributed by atoms with van der Waals surface area (Å²) < 4.78 is 12.2. The predicted molar refractivity (Wildman–Crippen MR) is 66.8 cm³/mol. The van der Waals surface area contributed by atoms with E-state index in [0.717, 1.165) is 9.99 Å². The molecule has 1 aromatic carbocycles. The number of halogens is 1. The summed E-state index contributed by atoms with van der Waals surface area (Å²) in [6.45, 7) is 3.60. The molecule has 0 aliphatic heterocycles. The van der Waals surface area contributed by atoms with Crippen molar-refractivity contribution in [2.24, 2.45) is 0 Å². The van der Waals surface area contributed by atoms with Gasteiger partial charge in [0, 0.05) is 0 Å². The van der Waals surface area contributed by atoms with Crippen molar-refractivity contribution in [3.05, 3.63) is 52.6 Å². The van der Waals surface area contributed by atoms with Gasteiger partial charge in [0.1, 0.15) is 0 Å². The Morgan fingerprint density at radius 2 is 2.00 bits per heavy atom. The Morgan fingerprint density at radius 1 is 1.31 bits per heavy atom. The zero-order chi connectivity index (χ0) is 9.52. The van der Waals surface area contributed by atoms with Gasteiger partial charge in [0.25, 0.3) is 0 Å². The summed E-state index contributed by atoms with van der Waals surface area (Å²) in [6, 6.07) is 10.0. The molecule has 0 atom stereocenters. The van der Waals surface area contributed by atoms with Gasteiger partial charge in [-0.05, 0) is 0 Å². The third kappa shape index (κ3) is 4.24. The molecule has 13 heavy (non-hydrogen) atoms. The molecule has 0 saturated heterocycles. The number of alkyl halides is 1. The monoisotopic (exact) mass is 288 g/mol. The van der Waals surface area contributed by atoms with Crippen LogP contribution < -0.4 is 0 Å². The molecule has 1 N–H and O–H groups in total. The Bertz CT molecular complexity index is 279. The maximum absolute atomic E-state index is 9.51. The van der Waals surface area contributed by atoms with Crippen LogP contribution in [0.2, 0.25) is 0 Å². The van der Waals surface area contributed by atoms with Crippen molar-refractivity contribution in [2.75, 3.05) is 4.43 Å². The van der Waals surface area contributed by atoms with Crippen molar-refractivity contribution in [1.82, 2.24) is 0 Å². The third-order valence-electron chi connectivity index (χ3n) is 1.47. The fraction of sp³-hybridized carbons (Fsp3) is 0.0909. The summed E-state index contributed by atoms with van der Waals surface area (Å²) in [7, 11) is 0. The molecular weight excluding hydrogens is 275 g/mol. The molecule has 0 aliphatic rings. The van der Waals surface area contributed by atoms with E-state index in [9.17, 15) is 3.44 Å². The van der Waals surface area contributed by atoms with E-state index in [1.54, 1.807) is 6.08 Å². The summed E-state index contributed by atoms with van der Waals surface area (Å²) in [5.41, 5.74) is 1.14. The van der Waals surface area contributed by atoms with E-state index in [4.69, 9.17) is 0 Å². The minimum absolute atomic E-state index is 0.757. The molecule has 0 bridgehead atoms. The molecule has 70 valence electrons. The van der Waals surface area contributed by atoms with Crippen LogP contribution in [0.25, 0.3) is 6.08 Å². The van der Waals surface area contributed by atoms with E-state index in [-0.39, 0.29) is 0 Å². The summed E-state index contributed by atoms with van der Waals surface area (Å²) >= 11 is -1.83. The van der Waals surface area contributed by atoms with Crippen LogP contribution in [0.5, 0.6) is 0 Å². The molecule has 0 spiro atoms. The molecule has 1 aromatic rings. The molecule has 2 heteroatoms. The van der Waals surface area contributed by atoms with Gasteiger partial charge in [0.15, 0.2) is 0 Å². The average Bonchev–Trinajstić information content (AvgIpc) is 2.17. The molecule has 0 unspecified atom stereocenters. The van der Waals surface area contributed by atoms with Gasteiger partial charge in [0.05, 0.1) is 0 Å². The molecule has 1 rings (SSSR count). The Balaban J connectivity index is 2.53. The molecule has 1 nitrogen and oxygen atoms in total. The van der Waals surface area contributed by atoms with Crippen molar-refractivity contribution in [1.29, 1.82) is 0 Å². The van der Waals surface area contributed by atoms with Gasteiger partial charge in [0.2, 0.25) is 0 Å². The summed E-state index contributed by atoms with van der Waals surface area (Å²) in [5.74, 6) is 0. The molecule has 0 radical (unpaired) electrons. The standard InChI is InChI=1S/C11H13IO/c1-2-9-12(13)10-8-11-6-4-3-5-7-11/h2-8,10,13H,1,9H2.